The highest BCUT2D eigenvalue weighted by atomic mass is 19.4. The van der Waals surface area contributed by atoms with Gasteiger partial charge in [0.1, 0.15) is 17.7 Å². The Hall–Kier alpha value is -4.21. The predicted octanol–water partition coefficient (Wildman–Crippen LogP) is 7.09. The molecule has 0 amide bonds. The minimum absolute atomic E-state index is 0.0171. The largest absolute Gasteiger partial charge is 0.486 e. The van der Waals surface area contributed by atoms with E-state index in [1.165, 1.54) is 36.4 Å². The number of aliphatic hydroxyl groups is 1. The number of rotatable bonds is 11. The van der Waals surface area contributed by atoms with Gasteiger partial charge in [0, 0.05) is 13.0 Å². The molecule has 0 fully saturated rings. The van der Waals surface area contributed by atoms with Crippen molar-refractivity contribution in [2.24, 2.45) is 0 Å². The molecule has 0 bridgehead atoms. The number of aliphatic hydroxyl groups excluding tert-OH is 1. The summed E-state index contributed by atoms with van der Waals surface area (Å²) in [5.74, 6) is -1.21. The number of hydrogen-bond donors (Lipinski definition) is 1. The van der Waals surface area contributed by atoms with Crippen LogP contribution in [0.25, 0.3) is 0 Å². The van der Waals surface area contributed by atoms with Gasteiger partial charge in [-0.05, 0) is 60.1 Å². The fourth-order valence-electron chi connectivity index (χ4n) is 4.26. The minimum atomic E-state index is -4.51. The number of alkyl halides is 3. The quantitative estimate of drug-likeness (QED) is 0.119. The van der Waals surface area contributed by atoms with E-state index in [1.54, 1.807) is 42.3 Å². The van der Waals surface area contributed by atoms with Crippen LogP contribution in [-0.2, 0) is 22.3 Å². The zero-order valence-corrected chi connectivity index (χ0v) is 22.2. The summed E-state index contributed by atoms with van der Waals surface area (Å²) in [6, 6.07) is 27.5. The summed E-state index contributed by atoms with van der Waals surface area (Å²) in [4.78, 5) is 14.8. The first-order chi connectivity index (χ1) is 19.6. The van der Waals surface area contributed by atoms with E-state index in [0.717, 1.165) is 17.7 Å². The van der Waals surface area contributed by atoms with E-state index >= 15 is 0 Å². The first kappa shape index (κ1) is 29.8. The molecule has 0 aliphatic heterocycles. The summed E-state index contributed by atoms with van der Waals surface area (Å²) in [6.07, 6.45) is -7.82. The average Bonchev–Trinajstić information content (AvgIpc) is 2.97. The molecule has 4 aromatic rings. The highest BCUT2D eigenvalue weighted by Gasteiger charge is 2.31. The van der Waals surface area contributed by atoms with Gasteiger partial charge in [0.2, 0.25) is 0 Å². The molecule has 0 aromatic heterocycles. The maximum atomic E-state index is 13.7. The van der Waals surface area contributed by atoms with Gasteiger partial charge in [0.05, 0.1) is 5.56 Å². The SMILES string of the molecule is CN(Cc1ccccc1)C(C[C@H](Oc1ccc(C(F)(F)F)cc1)c1ccc(F)cc1)OC(=O)[C@H](O)c1ccccc1. The number of hydrogen-bond acceptors (Lipinski definition) is 5. The Morgan fingerprint density at radius 1 is 0.829 bits per heavy atom. The summed E-state index contributed by atoms with van der Waals surface area (Å²) in [5.41, 5.74) is 0.983. The Balaban J connectivity index is 1.62. The molecular formula is C32H29F4NO4. The van der Waals surface area contributed by atoms with Crippen LogP contribution in [0.3, 0.4) is 0 Å². The first-order valence-electron chi connectivity index (χ1n) is 12.9. The van der Waals surface area contributed by atoms with Crippen LogP contribution in [0.1, 0.15) is 40.9 Å². The molecule has 0 aliphatic carbocycles. The minimum Gasteiger partial charge on any atom is -0.486 e. The predicted molar refractivity (Wildman–Crippen MR) is 145 cm³/mol. The Morgan fingerprint density at radius 2 is 1.41 bits per heavy atom. The molecule has 4 aromatic carbocycles. The molecule has 0 heterocycles. The third kappa shape index (κ3) is 8.39. The topological polar surface area (TPSA) is 59.0 Å². The monoisotopic (exact) mass is 567 g/mol. The van der Waals surface area contributed by atoms with E-state index in [9.17, 15) is 27.5 Å². The van der Waals surface area contributed by atoms with Crippen LogP contribution in [0, 0.1) is 5.82 Å². The number of ether oxygens (including phenoxy) is 2. The zero-order valence-electron chi connectivity index (χ0n) is 22.2. The molecule has 1 N–H and O–H groups in total. The average molecular weight is 568 g/mol. The van der Waals surface area contributed by atoms with E-state index in [0.29, 0.717) is 17.7 Å². The number of carbonyl (C=O) groups excluding carboxylic acids is 1. The Morgan fingerprint density at radius 3 is 2.00 bits per heavy atom. The van der Waals surface area contributed by atoms with Crippen LogP contribution in [0.5, 0.6) is 5.75 Å². The summed E-state index contributed by atoms with van der Waals surface area (Å²) < 4.78 is 64.9. The van der Waals surface area contributed by atoms with Gasteiger partial charge in [-0.15, -0.1) is 0 Å². The lowest BCUT2D eigenvalue weighted by Crippen LogP contribution is -2.38. The molecule has 41 heavy (non-hydrogen) atoms. The lowest BCUT2D eigenvalue weighted by molar-refractivity contribution is -0.171. The van der Waals surface area contributed by atoms with E-state index in [-0.39, 0.29) is 12.2 Å². The fraction of sp³-hybridized carbons (Fsp3) is 0.219. The number of carbonyl (C=O) groups is 1. The van der Waals surface area contributed by atoms with Crippen molar-refractivity contribution in [3.05, 3.63) is 137 Å². The maximum absolute atomic E-state index is 13.7. The van der Waals surface area contributed by atoms with Crippen molar-refractivity contribution in [1.29, 1.82) is 0 Å². The van der Waals surface area contributed by atoms with Crippen LogP contribution in [0.2, 0.25) is 0 Å². The lowest BCUT2D eigenvalue weighted by atomic mass is 10.0. The third-order valence-corrected chi connectivity index (χ3v) is 6.47. The number of nitrogens with zero attached hydrogens (tertiary/aromatic N) is 1. The van der Waals surface area contributed by atoms with Gasteiger partial charge in [-0.3, -0.25) is 4.90 Å². The third-order valence-electron chi connectivity index (χ3n) is 6.47. The maximum Gasteiger partial charge on any atom is 0.416 e. The number of halogens is 4. The molecule has 0 saturated carbocycles. The standard InChI is InChI=1S/C32H29F4NO4/c1-37(21-22-8-4-2-5-9-22)29(41-31(39)30(38)24-10-6-3-7-11-24)20-28(23-12-16-26(33)17-13-23)40-27-18-14-25(15-19-27)32(34,35)36/h2-19,28-30,38H,20-21H2,1H3/t28-,29?,30+/m0/s1. The van der Waals surface area contributed by atoms with Gasteiger partial charge in [0.15, 0.2) is 12.3 Å². The second-order valence-corrected chi connectivity index (χ2v) is 9.52. The van der Waals surface area contributed by atoms with E-state index in [4.69, 9.17) is 9.47 Å². The summed E-state index contributed by atoms with van der Waals surface area (Å²) in [6.45, 7) is 0.372. The second kappa shape index (κ2) is 13.4. The smallest absolute Gasteiger partial charge is 0.416 e. The van der Waals surface area contributed by atoms with Crippen molar-refractivity contribution in [3.8, 4) is 5.75 Å². The molecule has 0 saturated heterocycles. The Labute approximate surface area is 235 Å². The van der Waals surface area contributed by atoms with Gasteiger partial charge in [0.25, 0.3) is 0 Å². The van der Waals surface area contributed by atoms with Crippen molar-refractivity contribution >= 4 is 5.97 Å². The van der Waals surface area contributed by atoms with Gasteiger partial charge < -0.3 is 14.6 Å². The molecular weight excluding hydrogens is 538 g/mol. The zero-order chi connectivity index (χ0) is 29.4. The van der Waals surface area contributed by atoms with Crippen molar-refractivity contribution in [1.82, 2.24) is 4.90 Å². The van der Waals surface area contributed by atoms with Crippen molar-refractivity contribution in [3.63, 3.8) is 0 Å². The lowest BCUT2D eigenvalue weighted by Gasteiger charge is -2.32. The van der Waals surface area contributed by atoms with E-state index < -0.39 is 42.0 Å². The van der Waals surface area contributed by atoms with E-state index in [1.807, 2.05) is 30.3 Å². The van der Waals surface area contributed by atoms with Crippen LogP contribution < -0.4 is 4.74 Å². The molecule has 5 nitrogen and oxygen atoms in total. The molecule has 0 spiro atoms. The summed E-state index contributed by atoms with van der Waals surface area (Å²) >= 11 is 0. The molecule has 3 atom stereocenters. The number of benzene rings is 4. The van der Waals surface area contributed by atoms with Crippen molar-refractivity contribution in [2.75, 3.05) is 7.05 Å². The Kier molecular flexibility index (Phi) is 9.75. The normalized spacial score (nSPS) is 13.8. The first-order valence-corrected chi connectivity index (χ1v) is 12.9. The van der Waals surface area contributed by atoms with E-state index in [2.05, 4.69) is 0 Å². The number of esters is 1. The van der Waals surface area contributed by atoms with Crippen LogP contribution in [0.4, 0.5) is 17.6 Å². The molecule has 9 heteroatoms. The highest BCUT2D eigenvalue weighted by molar-refractivity contribution is 5.76. The van der Waals surface area contributed by atoms with Crippen LogP contribution in [-0.4, -0.2) is 29.3 Å². The molecule has 0 radical (unpaired) electrons. The van der Waals surface area contributed by atoms with Gasteiger partial charge >= 0.3 is 12.1 Å². The molecule has 0 aliphatic rings. The van der Waals surface area contributed by atoms with Crippen molar-refractivity contribution < 1.29 is 36.9 Å². The Bertz CT molecular complexity index is 1380. The second-order valence-electron chi connectivity index (χ2n) is 9.52. The van der Waals surface area contributed by atoms with Crippen LogP contribution >= 0.6 is 0 Å². The van der Waals surface area contributed by atoms with Crippen LogP contribution in [0.15, 0.2) is 109 Å². The molecule has 214 valence electrons. The van der Waals surface area contributed by atoms with Gasteiger partial charge in [-0.2, -0.15) is 13.2 Å². The summed E-state index contributed by atoms with van der Waals surface area (Å²) in [7, 11) is 1.74. The highest BCUT2D eigenvalue weighted by Crippen LogP contribution is 2.33. The van der Waals surface area contributed by atoms with Gasteiger partial charge in [-0.1, -0.05) is 72.8 Å². The van der Waals surface area contributed by atoms with Crippen molar-refractivity contribution in [2.45, 2.75) is 37.6 Å². The summed E-state index contributed by atoms with van der Waals surface area (Å²) in [5, 5.41) is 10.7. The van der Waals surface area contributed by atoms with Gasteiger partial charge in [-0.25, -0.2) is 9.18 Å². The molecule has 4 rings (SSSR count). The molecule has 1 unspecified atom stereocenters. The fourth-order valence-corrected chi connectivity index (χ4v) is 4.26.